The molecule has 0 aliphatic heterocycles. The van der Waals surface area contributed by atoms with E-state index in [1.807, 2.05) is 36.4 Å². The van der Waals surface area contributed by atoms with Crippen LogP contribution in [0.25, 0.3) is 22.2 Å². The van der Waals surface area contributed by atoms with E-state index in [9.17, 15) is 0 Å². The molecule has 23 heavy (non-hydrogen) atoms. The van der Waals surface area contributed by atoms with Crippen LogP contribution >= 0.6 is 0 Å². The SMILES string of the molecule is CN.c1ccc(-c2ccccc2)cc1.c1ccc2[nH]nnc2c1. The fourth-order valence-corrected chi connectivity index (χ4v) is 2.05. The van der Waals surface area contributed by atoms with Crippen LogP contribution in [0.4, 0.5) is 0 Å². The highest BCUT2D eigenvalue weighted by Gasteiger charge is 1.92. The van der Waals surface area contributed by atoms with Gasteiger partial charge in [0.1, 0.15) is 5.52 Å². The molecule has 0 atom stereocenters. The summed E-state index contributed by atoms with van der Waals surface area (Å²) in [5.74, 6) is 0. The van der Waals surface area contributed by atoms with Gasteiger partial charge < -0.3 is 5.73 Å². The van der Waals surface area contributed by atoms with Gasteiger partial charge in [-0.05, 0) is 30.3 Å². The molecule has 0 saturated carbocycles. The van der Waals surface area contributed by atoms with Crippen molar-refractivity contribution in [3.8, 4) is 11.1 Å². The minimum absolute atomic E-state index is 0.914. The van der Waals surface area contributed by atoms with Crippen molar-refractivity contribution >= 4 is 11.0 Å². The Morgan fingerprint density at radius 2 is 1.13 bits per heavy atom. The second-order valence-corrected chi connectivity index (χ2v) is 4.56. The number of aromatic amines is 1. The van der Waals surface area contributed by atoms with Crippen molar-refractivity contribution in [3.63, 3.8) is 0 Å². The van der Waals surface area contributed by atoms with Crippen LogP contribution in [0.2, 0.25) is 0 Å². The van der Waals surface area contributed by atoms with Crippen LogP contribution in [0.15, 0.2) is 84.9 Å². The number of para-hydroxylation sites is 1. The Bertz CT molecular complexity index is 727. The maximum Gasteiger partial charge on any atom is 0.112 e. The molecule has 116 valence electrons. The van der Waals surface area contributed by atoms with E-state index < -0.39 is 0 Å². The maximum absolute atomic E-state index is 4.50. The van der Waals surface area contributed by atoms with Crippen LogP contribution in [-0.2, 0) is 0 Å². The lowest BCUT2D eigenvalue weighted by atomic mass is 10.1. The zero-order chi connectivity index (χ0) is 16.3. The maximum atomic E-state index is 4.50. The highest BCUT2D eigenvalue weighted by atomic mass is 15.3. The van der Waals surface area contributed by atoms with Gasteiger partial charge in [-0.2, -0.15) is 0 Å². The van der Waals surface area contributed by atoms with Crippen molar-refractivity contribution < 1.29 is 0 Å². The lowest BCUT2D eigenvalue weighted by Crippen LogP contribution is -1.73. The first-order valence-electron chi connectivity index (χ1n) is 7.37. The van der Waals surface area contributed by atoms with E-state index in [1.165, 1.54) is 18.2 Å². The van der Waals surface area contributed by atoms with Gasteiger partial charge in [-0.1, -0.05) is 78.0 Å². The Kier molecular flexibility index (Phi) is 6.50. The molecule has 0 unspecified atom stereocenters. The summed E-state index contributed by atoms with van der Waals surface area (Å²) in [7, 11) is 1.50. The number of aromatic nitrogens is 3. The monoisotopic (exact) mass is 304 g/mol. The number of fused-ring (bicyclic) bond motifs is 1. The number of rotatable bonds is 1. The van der Waals surface area contributed by atoms with Crippen LogP contribution < -0.4 is 5.73 Å². The highest BCUT2D eigenvalue weighted by molar-refractivity contribution is 5.72. The van der Waals surface area contributed by atoms with Crippen LogP contribution in [0.3, 0.4) is 0 Å². The molecule has 3 N–H and O–H groups in total. The van der Waals surface area contributed by atoms with Crippen molar-refractivity contribution in [2.24, 2.45) is 5.73 Å². The molecule has 0 fully saturated rings. The van der Waals surface area contributed by atoms with Gasteiger partial charge in [-0.25, -0.2) is 0 Å². The summed E-state index contributed by atoms with van der Waals surface area (Å²) >= 11 is 0. The molecule has 1 aromatic heterocycles. The summed E-state index contributed by atoms with van der Waals surface area (Å²) in [6.45, 7) is 0. The first-order valence-corrected chi connectivity index (χ1v) is 7.37. The molecular formula is C19H20N4. The molecular weight excluding hydrogens is 284 g/mol. The molecule has 0 bridgehead atoms. The van der Waals surface area contributed by atoms with Crippen LogP contribution in [0.1, 0.15) is 0 Å². The van der Waals surface area contributed by atoms with Gasteiger partial charge in [0, 0.05) is 0 Å². The fourth-order valence-electron chi connectivity index (χ4n) is 2.05. The Morgan fingerprint density at radius 1 is 0.652 bits per heavy atom. The smallest absolute Gasteiger partial charge is 0.112 e. The molecule has 0 amide bonds. The summed E-state index contributed by atoms with van der Waals surface area (Å²) in [6, 6.07) is 28.5. The molecule has 0 radical (unpaired) electrons. The van der Waals surface area contributed by atoms with Crippen molar-refractivity contribution in [2.75, 3.05) is 7.05 Å². The van der Waals surface area contributed by atoms with Gasteiger partial charge in [0.25, 0.3) is 0 Å². The normalized spacial score (nSPS) is 9.30. The average molecular weight is 304 g/mol. The first kappa shape index (κ1) is 16.4. The number of nitrogens with zero attached hydrogens (tertiary/aromatic N) is 2. The number of hydrogen-bond acceptors (Lipinski definition) is 3. The minimum Gasteiger partial charge on any atom is -0.333 e. The Labute approximate surface area is 136 Å². The van der Waals surface area contributed by atoms with Crippen molar-refractivity contribution in [1.82, 2.24) is 15.4 Å². The summed E-state index contributed by atoms with van der Waals surface area (Å²) in [6.07, 6.45) is 0. The van der Waals surface area contributed by atoms with E-state index in [-0.39, 0.29) is 0 Å². The molecule has 0 saturated heterocycles. The van der Waals surface area contributed by atoms with Crippen molar-refractivity contribution in [1.29, 1.82) is 0 Å². The molecule has 4 rings (SSSR count). The summed E-state index contributed by atoms with van der Waals surface area (Å²) in [4.78, 5) is 0. The standard InChI is InChI=1S/C12H10.C6H5N3.CH5N/c1-3-7-11(8-4-1)12-9-5-2-6-10-12;1-2-4-6-5(3-1)7-9-8-6;1-2/h1-10H;1-4H,(H,7,8,9);2H2,1H3. The van der Waals surface area contributed by atoms with Crippen LogP contribution in [0.5, 0.6) is 0 Å². The quantitative estimate of drug-likeness (QED) is 0.560. The largest absolute Gasteiger partial charge is 0.333 e. The number of nitrogens with one attached hydrogen (secondary N) is 1. The number of benzene rings is 3. The zero-order valence-corrected chi connectivity index (χ0v) is 13.1. The Balaban J connectivity index is 0.000000155. The van der Waals surface area contributed by atoms with Crippen LogP contribution in [-0.4, -0.2) is 22.5 Å². The third-order valence-corrected chi connectivity index (χ3v) is 3.11. The lowest BCUT2D eigenvalue weighted by Gasteiger charge is -1.98. The van der Waals surface area contributed by atoms with E-state index in [4.69, 9.17) is 0 Å². The van der Waals surface area contributed by atoms with E-state index in [0.29, 0.717) is 0 Å². The number of H-pyrrole nitrogens is 1. The summed E-state index contributed by atoms with van der Waals surface area (Å²) < 4.78 is 0. The second-order valence-electron chi connectivity index (χ2n) is 4.56. The van der Waals surface area contributed by atoms with Crippen molar-refractivity contribution in [2.45, 2.75) is 0 Å². The summed E-state index contributed by atoms with van der Waals surface area (Å²) in [5, 5.41) is 10.2. The molecule has 3 aromatic carbocycles. The van der Waals surface area contributed by atoms with E-state index in [1.54, 1.807) is 0 Å². The molecule has 4 aromatic rings. The van der Waals surface area contributed by atoms with E-state index >= 15 is 0 Å². The van der Waals surface area contributed by atoms with Crippen LogP contribution in [0, 0.1) is 0 Å². The molecule has 4 heteroatoms. The Morgan fingerprint density at radius 3 is 1.65 bits per heavy atom. The predicted molar refractivity (Wildman–Crippen MR) is 95.9 cm³/mol. The second kappa shape index (κ2) is 9.12. The van der Waals surface area contributed by atoms with Gasteiger partial charge in [-0.15, -0.1) is 5.10 Å². The number of hydrogen-bond donors (Lipinski definition) is 2. The lowest BCUT2D eigenvalue weighted by molar-refractivity contribution is 0.959. The molecule has 0 aliphatic carbocycles. The van der Waals surface area contributed by atoms with E-state index in [2.05, 4.69) is 69.7 Å². The third-order valence-electron chi connectivity index (χ3n) is 3.11. The molecule has 1 heterocycles. The van der Waals surface area contributed by atoms with Gasteiger partial charge in [0.15, 0.2) is 0 Å². The van der Waals surface area contributed by atoms with E-state index in [0.717, 1.165) is 11.0 Å². The molecule has 0 spiro atoms. The van der Waals surface area contributed by atoms with Gasteiger partial charge in [-0.3, -0.25) is 5.10 Å². The van der Waals surface area contributed by atoms with Crippen molar-refractivity contribution in [3.05, 3.63) is 84.9 Å². The van der Waals surface area contributed by atoms with Gasteiger partial charge in [0.05, 0.1) is 5.52 Å². The van der Waals surface area contributed by atoms with Gasteiger partial charge in [0.2, 0.25) is 0 Å². The topological polar surface area (TPSA) is 67.6 Å². The summed E-state index contributed by atoms with van der Waals surface area (Å²) in [5.41, 5.74) is 8.95. The van der Waals surface area contributed by atoms with Gasteiger partial charge >= 0.3 is 0 Å². The average Bonchev–Trinajstić information content (AvgIpc) is 3.14. The highest BCUT2D eigenvalue weighted by Crippen LogP contribution is 2.17. The third kappa shape index (κ3) is 4.76. The molecule has 4 nitrogen and oxygen atoms in total. The minimum atomic E-state index is 0.914. The first-order chi connectivity index (χ1) is 11.4. The predicted octanol–water partition coefficient (Wildman–Crippen LogP) is 3.89. The number of nitrogens with two attached hydrogens (primary N) is 1. The zero-order valence-electron chi connectivity index (χ0n) is 13.1. The fraction of sp³-hybridized carbons (Fsp3) is 0.0526. The molecule has 0 aliphatic rings. The Hall–Kier alpha value is -2.98.